The van der Waals surface area contributed by atoms with Gasteiger partial charge in [0, 0.05) is 23.7 Å². The van der Waals surface area contributed by atoms with Crippen molar-refractivity contribution in [1.82, 2.24) is 5.32 Å². The highest BCUT2D eigenvalue weighted by atomic mass is 16.1. The smallest absolute Gasteiger partial charge is 0.244 e. The lowest BCUT2D eigenvalue weighted by molar-refractivity contribution is -0.116. The normalized spacial score (nSPS) is 20.4. The van der Waals surface area contributed by atoms with Crippen LogP contribution in [0.5, 0.6) is 0 Å². The SMILES string of the molecule is Nc1ccc(/C=C/C(=O)NC2CC2c2ccccc2)cc1. The van der Waals surface area contributed by atoms with Gasteiger partial charge in [0.25, 0.3) is 0 Å². The van der Waals surface area contributed by atoms with Crippen LogP contribution in [0, 0.1) is 0 Å². The predicted molar refractivity (Wildman–Crippen MR) is 85.6 cm³/mol. The van der Waals surface area contributed by atoms with E-state index in [1.807, 2.05) is 42.5 Å². The van der Waals surface area contributed by atoms with Gasteiger partial charge in [-0.3, -0.25) is 4.79 Å². The molecular formula is C18H18N2O. The van der Waals surface area contributed by atoms with Crippen LogP contribution < -0.4 is 11.1 Å². The second-order valence-electron chi connectivity index (χ2n) is 5.37. The summed E-state index contributed by atoms with van der Waals surface area (Å²) in [6, 6.07) is 18.0. The van der Waals surface area contributed by atoms with Crippen molar-refractivity contribution in [2.75, 3.05) is 5.73 Å². The lowest BCUT2D eigenvalue weighted by Gasteiger charge is -2.02. The van der Waals surface area contributed by atoms with Crippen LogP contribution in [0.3, 0.4) is 0 Å². The van der Waals surface area contributed by atoms with Crippen molar-refractivity contribution in [3.63, 3.8) is 0 Å². The summed E-state index contributed by atoms with van der Waals surface area (Å²) in [7, 11) is 0. The number of amides is 1. The van der Waals surface area contributed by atoms with E-state index in [4.69, 9.17) is 5.73 Å². The van der Waals surface area contributed by atoms with E-state index in [0.29, 0.717) is 5.92 Å². The zero-order chi connectivity index (χ0) is 14.7. The van der Waals surface area contributed by atoms with Gasteiger partial charge in [0.2, 0.25) is 5.91 Å². The van der Waals surface area contributed by atoms with E-state index < -0.39 is 0 Å². The summed E-state index contributed by atoms with van der Waals surface area (Å²) >= 11 is 0. The molecule has 0 aliphatic heterocycles. The Labute approximate surface area is 124 Å². The molecule has 0 spiro atoms. The van der Waals surface area contributed by atoms with Gasteiger partial charge in [0.15, 0.2) is 0 Å². The summed E-state index contributed by atoms with van der Waals surface area (Å²) in [5.41, 5.74) is 8.61. The van der Waals surface area contributed by atoms with Crippen LogP contribution in [0.1, 0.15) is 23.5 Å². The van der Waals surface area contributed by atoms with Crippen molar-refractivity contribution < 1.29 is 4.79 Å². The minimum absolute atomic E-state index is 0.0461. The second kappa shape index (κ2) is 5.83. The fourth-order valence-corrected chi connectivity index (χ4v) is 2.43. The summed E-state index contributed by atoms with van der Waals surface area (Å²) in [6.45, 7) is 0. The van der Waals surface area contributed by atoms with E-state index in [0.717, 1.165) is 17.7 Å². The average Bonchev–Trinajstić information content (AvgIpc) is 3.27. The quantitative estimate of drug-likeness (QED) is 0.667. The maximum Gasteiger partial charge on any atom is 0.244 e. The maximum atomic E-state index is 11.9. The molecular weight excluding hydrogens is 260 g/mol. The van der Waals surface area contributed by atoms with E-state index in [1.54, 1.807) is 12.2 Å². The van der Waals surface area contributed by atoms with Gasteiger partial charge in [0.05, 0.1) is 0 Å². The first-order valence-corrected chi connectivity index (χ1v) is 7.11. The fourth-order valence-electron chi connectivity index (χ4n) is 2.43. The van der Waals surface area contributed by atoms with E-state index >= 15 is 0 Å². The first kappa shape index (κ1) is 13.4. The Hall–Kier alpha value is -2.55. The Bertz CT molecular complexity index is 647. The molecule has 1 aliphatic rings. The molecule has 3 heteroatoms. The maximum absolute atomic E-state index is 11.9. The Morgan fingerprint density at radius 2 is 1.81 bits per heavy atom. The molecule has 2 aromatic rings. The number of hydrogen-bond acceptors (Lipinski definition) is 2. The number of nitrogen functional groups attached to an aromatic ring is 1. The van der Waals surface area contributed by atoms with Crippen molar-refractivity contribution in [2.45, 2.75) is 18.4 Å². The lowest BCUT2D eigenvalue weighted by atomic mass is 10.1. The first-order valence-electron chi connectivity index (χ1n) is 7.11. The van der Waals surface area contributed by atoms with Gasteiger partial charge >= 0.3 is 0 Å². The van der Waals surface area contributed by atoms with Gasteiger partial charge in [-0.2, -0.15) is 0 Å². The first-order chi connectivity index (χ1) is 10.2. The van der Waals surface area contributed by atoms with Crippen LogP contribution in [0.2, 0.25) is 0 Å². The molecule has 1 amide bonds. The monoisotopic (exact) mass is 278 g/mol. The summed E-state index contributed by atoms with van der Waals surface area (Å²) in [5, 5.41) is 3.03. The van der Waals surface area contributed by atoms with Gasteiger partial charge in [-0.15, -0.1) is 0 Å². The molecule has 3 N–H and O–H groups in total. The fraction of sp³-hybridized carbons (Fsp3) is 0.167. The van der Waals surface area contributed by atoms with E-state index in [9.17, 15) is 4.79 Å². The predicted octanol–water partition coefficient (Wildman–Crippen LogP) is 2.95. The van der Waals surface area contributed by atoms with Crippen LogP contribution in [0.4, 0.5) is 5.69 Å². The molecule has 0 bridgehead atoms. The van der Waals surface area contributed by atoms with Crippen LogP contribution in [0.15, 0.2) is 60.7 Å². The van der Waals surface area contributed by atoms with Crippen molar-refractivity contribution in [3.05, 3.63) is 71.8 Å². The Kier molecular flexibility index (Phi) is 3.73. The molecule has 1 fully saturated rings. The molecule has 106 valence electrons. The molecule has 0 saturated heterocycles. The molecule has 0 aromatic heterocycles. The van der Waals surface area contributed by atoms with E-state index in [1.165, 1.54) is 5.56 Å². The van der Waals surface area contributed by atoms with Crippen molar-refractivity contribution in [3.8, 4) is 0 Å². The van der Waals surface area contributed by atoms with Gasteiger partial charge in [-0.25, -0.2) is 0 Å². The summed E-state index contributed by atoms with van der Waals surface area (Å²) in [4.78, 5) is 11.9. The topological polar surface area (TPSA) is 55.1 Å². The zero-order valence-electron chi connectivity index (χ0n) is 11.7. The number of nitrogens with two attached hydrogens (primary N) is 1. The highest BCUT2D eigenvalue weighted by molar-refractivity contribution is 5.92. The molecule has 1 saturated carbocycles. The molecule has 21 heavy (non-hydrogen) atoms. The Balaban J connectivity index is 1.53. The van der Waals surface area contributed by atoms with Crippen LogP contribution in [-0.4, -0.2) is 11.9 Å². The molecule has 0 heterocycles. The number of carbonyl (C=O) groups excluding carboxylic acids is 1. The standard InChI is InChI=1S/C18H18N2O/c19-15-9-6-13(7-10-15)8-11-18(21)20-17-12-16(17)14-4-2-1-3-5-14/h1-11,16-17H,12,19H2,(H,20,21)/b11-8+. The van der Waals surface area contributed by atoms with Crippen LogP contribution in [-0.2, 0) is 4.79 Å². The largest absolute Gasteiger partial charge is 0.399 e. The number of nitrogens with one attached hydrogen (secondary N) is 1. The number of anilines is 1. The highest BCUT2D eigenvalue weighted by Crippen LogP contribution is 2.40. The number of carbonyl (C=O) groups is 1. The Morgan fingerprint density at radius 3 is 2.52 bits per heavy atom. The lowest BCUT2D eigenvalue weighted by Crippen LogP contribution is -2.24. The molecule has 2 aromatic carbocycles. The number of benzene rings is 2. The average molecular weight is 278 g/mol. The minimum Gasteiger partial charge on any atom is -0.399 e. The molecule has 3 rings (SSSR count). The molecule has 3 nitrogen and oxygen atoms in total. The van der Waals surface area contributed by atoms with E-state index in [-0.39, 0.29) is 11.9 Å². The molecule has 2 atom stereocenters. The molecule has 1 aliphatic carbocycles. The third-order valence-corrected chi connectivity index (χ3v) is 3.71. The summed E-state index contributed by atoms with van der Waals surface area (Å²) < 4.78 is 0. The number of hydrogen-bond donors (Lipinski definition) is 2. The summed E-state index contributed by atoms with van der Waals surface area (Å²) in [6.07, 6.45) is 4.39. The van der Waals surface area contributed by atoms with Gasteiger partial charge in [0.1, 0.15) is 0 Å². The third kappa shape index (κ3) is 3.51. The Morgan fingerprint density at radius 1 is 1.10 bits per heavy atom. The van der Waals surface area contributed by atoms with Gasteiger partial charge in [-0.1, -0.05) is 42.5 Å². The molecule has 2 unspecified atom stereocenters. The van der Waals surface area contributed by atoms with Crippen molar-refractivity contribution in [1.29, 1.82) is 0 Å². The summed E-state index contributed by atoms with van der Waals surface area (Å²) in [5.74, 6) is 0.412. The van der Waals surface area contributed by atoms with E-state index in [2.05, 4.69) is 17.4 Å². The second-order valence-corrected chi connectivity index (χ2v) is 5.37. The van der Waals surface area contributed by atoms with Crippen molar-refractivity contribution in [2.24, 2.45) is 0 Å². The minimum atomic E-state index is -0.0461. The number of rotatable bonds is 4. The third-order valence-electron chi connectivity index (χ3n) is 3.71. The van der Waals surface area contributed by atoms with Gasteiger partial charge in [-0.05, 0) is 35.8 Å². The highest BCUT2D eigenvalue weighted by Gasteiger charge is 2.38. The zero-order valence-corrected chi connectivity index (χ0v) is 11.7. The van der Waals surface area contributed by atoms with Crippen molar-refractivity contribution >= 4 is 17.7 Å². The van der Waals surface area contributed by atoms with Gasteiger partial charge < -0.3 is 11.1 Å². The van der Waals surface area contributed by atoms with Crippen LogP contribution in [0.25, 0.3) is 6.08 Å². The molecule has 0 radical (unpaired) electrons. The van der Waals surface area contributed by atoms with Crippen LogP contribution >= 0.6 is 0 Å².